The Morgan fingerprint density at radius 3 is 2.63 bits per heavy atom. The van der Waals surface area contributed by atoms with Gasteiger partial charge in [0.15, 0.2) is 0 Å². The van der Waals surface area contributed by atoms with Crippen molar-refractivity contribution >= 4 is 16.9 Å². The molecule has 4 rings (SSSR count). The number of carbonyl (C=O) groups is 1. The number of ether oxygens (including phenoxy) is 1. The lowest BCUT2D eigenvalue weighted by Crippen LogP contribution is -2.26. The lowest BCUT2D eigenvalue weighted by molar-refractivity contribution is 0.0600. The Morgan fingerprint density at radius 1 is 1.20 bits per heavy atom. The number of esters is 1. The number of β-amino-alcohol motifs (C(OH)–C–C–N with tert-alkyl or cyclic N) is 1. The molecule has 1 aromatic heterocycles. The molecule has 1 N–H and O–H groups in total. The van der Waals surface area contributed by atoms with Crippen molar-refractivity contribution in [2.75, 3.05) is 26.7 Å². The molecule has 1 fully saturated rings. The number of methoxy groups -OCH3 is 1. The van der Waals surface area contributed by atoms with Crippen LogP contribution in [0, 0.1) is 12.7 Å². The van der Waals surface area contributed by atoms with Crippen molar-refractivity contribution in [3.05, 3.63) is 70.7 Å². The Kier molecular flexibility index (Phi) is 5.88. The van der Waals surface area contributed by atoms with E-state index in [0.717, 1.165) is 53.8 Å². The van der Waals surface area contributed by atoms with Crippen LogP contribution in [-0.4, -0.2) is 53.4 Å². The summed E-state index contributed by atoms with van der Waals surface area (Å²) in [4.78, 5) is 13.9. The van der Waals surface area contributed by atoms with Crippen LogP contribution in [0.4, 0.5) is 4.39 Å². The van der Waals surface area contributed by atoms with Crippen LogP contribution in [0.2, 0.25) is 0 Å². The molecule has 1 saturated heterocycles. The fourth-order valence-corrected chi connectivity index (χ4v) is 4.37. The Balaban J connectivity index is 1.63. The number of likely N-dealkylation sites (tertiary alicyclic amines) is 1. The van der Waals surface area contributed by atoms with E-state index >= 15 is 0 Å². The number of aliphatic hydroxyl groups excluding tert-OH is 1. The van der Waals surface area contributed by atoms with Gasteiger partial charge in [-0.15, -0.1) is 0 Å². The molecule has 0 unspecified atom stereocenters. The third kappa shape index (κ3) is 4.11. The van der Waals surface area contributed by atoms with E-state index in [1.165, 1.54) is 13.2 Å². The zero-order chi connectivity index (χ0) is 21.3. The molecule has 0 radical (unpaired) electrons. The molecule has 2 heterocycles. The second kappa shape index (κ2) is 8.58. The molecule has 2 aromatic carbocycles. The van der Waals surface area contributed by atoms with E-state index in [2.05, 4.69) is 16.4 Å². The van der Waals surface area contributed by atoms with E-state index in [9.17, 15) is 14.3 Å². The first kappa shape index (κ1) is 20.6. The molecular formula is C24H27FN2O3. The molecular weight excluding hydrogens is 383 g/mol. The van der Waals surface area contributed by atoms with Crippen molar-refractivity contribution in [2.24, 2.45) is 0 Å². The largest absolute Gasteiger partial charge is 0.465 e. The minimum atomic E-state index is -0.358. The van der Waals surface area contributed by atoms with E-state index < -0.39 is 0 Å². The molecule has 158 valence electrons. The van der Waals surface area contributed by atoms with Crippen LogP contribution in [0.3, 0.4) is 0 Å². The molecule has 5 nitrogen and oxygen atoms in total. The fourth-order valence-electron chi connectivity index (χ4n) is 4.37. The smallest absolute Gasteiger partial charge is 0.337 e. The van der Waals surface area contributed by atoms with Gasteiger partial charge in [-0.3, -0.25) is 4.90 Å². The first-order valence-corrected chi connectivity index (χ1v) is 10.3. The molecule has 1 atom stereocenters. The Hall–Kier alpha value is -2.70. The second-order valence-electron chi connectivity index (χ2n) is 7.99. The predicted octanol–water partition coefficient (Wildman–Crippen LogP) is 3.53. The molecule has 0 spiro atoms. The zero-order valence-corrected chi connectivity index (χ0v) is 17.4. The maximum atomic E-state index is 14.1. The SMILES string of the molecule is COC(=O)c1ccc(Cc2c(C)n(CCN3CC[C@H](O)C3)c3ccc(F)cc23)cc1. The summed E-state index contributed by atoms with van der Waals surface area (Å²) in [6.07, 6.45) is 1.25. The van der Waals surface area contributed by atoms with Crippen LogP contribution in [0.15, 0.2) is 42.5 Å². The van der Waals surface area contributed by atoms with Crippen LogP contribution in [0.1, 0.15) is 33.6 Å². The quantitative estimate of drug-likeness (QED) is 0.632. The van der Waals surface area contributed by atoms with E-state index in [-0.39, 0.29) is 17.9 Å². The van der Waals surface area contributed by atoms with Crippen molar-refractivity contribution in [3.8, 4) is 0 Å². The number of benzene rings is 2. The molecule has 0 aliphatic carbocycles. The second-order valence-corrected chi connectivity index (χ2v) is 7.99. The third-order valence-corrected chi connectivity index (χ3v) is 6.06. The minimum Gasteiger partial charge on any atom is -0.465 e. The standard InChI is InChI=1S/C24H27FN2O3/c1-16-21(13-17-3-5-18(6-4-17)24(29)30-2)22-14-19(25)7-8-23(22)27(16)12-11-26-10-9-20(28)15-26/h3-8,14,20,28H,9-13,15H2,1-2H3/t20-/m0/s1. The molecule has 0 bridgehead atoms. The van der Waals surface area contributed by atoms with Crippen molar-refractivity contribution in [1.29, 1.82) is 0 Å². The number of fused-ring (bicyclic) bond motifs is 1. The van der Waals surface area contributed by atoms with Crippen molar-refractivity contribution in [2.45, 2.75) is 32.4 Å². The third-order valence-electron chi connectivity index (χ3n) is 6.06. The Morgan fingerprint density at radius 2 is 1.97 bits per heavy atom. The molecule has 1 aliphatic rings. The molecule has 1 aliphatic heterocycles. The van der Waals surface area contributed by atoms with Gasteiger partial charge in [-0.25, -0.2) is 9.18 Å². The van der Waals surface area contributed by atoms with Gasteiger partial charge >= 0.3 is 5.97 Å². The highest BCUT2D eigenvalue weighted by molar-refractivity contribution is 5.89. The van der Waals surface area contributed by atoms with Gasteiger partial charge in [-0.05, 0) is 61.2 Å². The van der Waals surface area contributed by atoms with Gasteiger partial charge in [0.2, 0.25) is 0 Å². The minimum absolute atomic E-state index is 0.231. The summed E-state index contributed by atoms with van der Waals surface area (Å²) in [5, 5.41) is 10.7. The number of nitrogens with zero attached hydrogens (tertiary/aromatic N) is 2. The first-order valence-electron chi connectivity index (χ1n) is 10.3. The van der Waals surface area contributed by atoms with Gasteiger partial charge in [-0.1, -0.05) is 12.1 Å². The number of rotatable bonds is 6. The van der Waals surface area contributed by atoms with Crippen molar-refractivity contribution in [1.82, 2.24) is 9.47 Å². The van der Waals surface area contributed by atoms with E-state index in [4.69, 9.17) is 4.74 Å². The van der Waals surface area contributed by atoms with Crippen LogP contribution in [-0.2, 0) is 17.7 Å². The van der Waals surface area contributed by atoms with E-state index in [1.54, 1.807) is 18.2 Å². The Labute approximate surface area is 175 Å². The summed E-state index contributed by atoms with van der Waals surface area (Å²) in [6, 6.07) is 12.3. The van der Waals surface area contributed by atoms with Crippen molar-refractivity contribution < 1.29 is 19.0 Å². The average molecular weight is 410 g/mol. The highest BCUT2D eigenvalue weighted by Crippen LogP contribution is 2.29. The Bertz CT molecular complexity index is 1060. The average Bonchev–Trinajstić information content (AvgIpc) is 3.27. The van der Waals surface area contributed by atoms with Crippen molar-refractivity contribution in [3.63, 3.8) is 0 Å². The highest BCUT2D eigenvalue weighted by atomic mass is 19.1. The number of aromatic nitrogens is 1. The van der Waals surface area contributed by atoms with Gasteiger partial charge < -0.3 is 14.4 Å². The first-order chi connectivity index (χ1) is 14.5. The van der Waals surface area contributed by atoms with Gasteiger partial charge in [0.25, 0.3) is 0 Å². The summed E-state index contributed by atoms with van der Waals surface area (Å²) < 4.78 is 21.1. The number of aliphatic hydroxyl groups is 1. The monoisotopic (exact) mass is 410 g/mol. The molecule has 0 saturated carbocycles. The number of carbonyl (C=O) groups excluding carboxylic acids is 1. The summed E-state index contributed by atoms with van der Waals surface area (Å²) >= 11 is 0. The maximum Gasteiger partial charge on any atom is 0.337 e. The van der Waals surface area contributed by atoms with Crippen LogP contribution >= 0.6 is 0 Å². The van der Waals surface area contributed by atoms with Gasteiger partial charge in [0, 0.05) is 42.8 Å². The summed E-state index contributed by atoms with van der Waals surface area (Å²) in [7, 11) is 1.37. The normalized spacial score (nSPS) is 17.0. The lowest BCUT2D eigenvalue weighted by Gasteiger charge is -2.17. The fraction of sp³-hybridized carbons (Fsp3) is 0.375. The van der Waals surface area contributed by atoms with Gasteiger partial charge in [0.1, 0.15) is 5.82 Å². The molecule has 3 aromatic rings. The maximum absolute atomic E-state index is 14.1. The molecule has 30 heavy (non-hydrogen) atoms. The number of halogens is 1. The number of hydrogen-bond donors (Lipinski definition) is 1. The van der Waals surface area contributed by atoms with Crippen LogP contribution < -0.4 is 0 Å². The summed E-state index contributed by atoms with van der Waals surface area (Å²) in [5.41, 5.74) is 4.80. The van der Waals surface area contributed by atoms with Gasteiger partial charge in [-0.2, -0.15) is 0 Å². The van der Waals surface area contributed by atoms with E-state index in [1.807, 2.05) is 18.2 Å². The summed E-state index contributed by atoms with van der Waals surface area (Å²) in [5.74, 6) is -0.604. The zero-order valence-electron chi connectivity index (χ0n) is 17.4. The van der Waals surface area contributed by atoms with Gasteiger partial charge in [0.05, 0.1) is 18.8 Å². The topological polar surface area (TPSA) is 54.7 Å². The highest BCUT2D eigenvalue weighted by Gasteiger charge is 2.21. The van der Waals surface area contributed by atoms with Crippen LogP contribution in [0.25, 0.3) is 10.9 Å². The van der Waals surface area contributed by atoms with E-state index in [0.29, 0.717) is 18.5 Å². The molecule has 0 amide bonds. The summed E-state index contributed by atoms with van der Waals surface area (Å²) in [6.45, 7) is 5.35. The lowest BCUT2D eigenvalue weighted by atomic mass is 10.0. The molecule has 6 heteroatoms. The number of hydrogen-bond acceptors (Lipinski definition) is 4. The predicted molar refractivity (Wildman–Crippen MR) is 114 cm³/mol. The van der Waals surface area contributed by atoms with Crippen LogP contribution in [0.5, 0.6) is 0 Å².